The monoisotopic (exact) mass is 600 g/mol. The summed E-state index contributed by atoms with van der Waals surface area (Å²) in [7, 11) is 3.60. The lowest BCUT2D eigenvalue weighted by Crippen LogP contribution is -2.37. The molecule has 1 aliphatic rings. The Hall–Kier alpha value is -4.02. The molecule has 1 atom stereocenters. The van der Waals surface area contributed by atoms with Gasteiger partial charge in [-0.2, -0.15) is 0 Å². The number of hydrogen-bond acceptors (Lipinski definition) is 6. The summed E-state index contributed by atoms with van der Waals surface area (Å²) in [4.78, 5) is 43.3. The second-order valence-electron chi connectivity index (χ2n) is 10.7. The number of anilines is 1. The van der Waals surface area contributed by atoms with Crippen molar-refractivity contribution in [2.45, 2.75) is 25.7 Å². The number of benzene rings is 3. The molecule has 0 unspecified atom stereocenters. The quantitative estimate of drug-likeness (QED) is 0.263. The Morgan fingerprint density at radius 3 is 2.64 bits per heavy atom. The van der Waals surface area contributed by atoms with Crippen molar-refractivity contribution in [2.24, 2.45) is 0 Å². The molecule has 8 nitrogen and oxygen atoms in total. The van der Waals surface area contributed by atoms with Crippen molar-refractivity contribution in [3.8, 4) is 0 Å². The Morgan fingerprint density at radius 2 is 1.86 bits per heavy atom. The second kappa shape index (κ2) is 11.3. The van der Waals surface area contributed by atoms with Crippen molar-refractivity contribution in [2.75, 3.05) is 25.5 Å². The fourth-order valence-corrected chi connectivity index (χ4v) is 6.64. The molecule has 0 radical (unpaired) electrons. The Balaban J connectivity index is 1.29. The van der Waals surface area contributed by atoms with E-state index in [0.717, 1.165) is 26.8 Å². The molecule has 3 heterocycles. The van der Waals surface area contributed by atoms with Crippen LogP contribution in [0.5, 0.6) is 0 Å². The van der Waals surface area contributed by atoms with Gasteiger partial charge in [0.05, 0.1) is 17.3 Å². The summed E-state index contributed by atoms with van der Waals surface area (Å²) >= 11 is 7.56. The number of amides is 2. The molecular weight excluding hydrogens is 572 g/mol. The maximum Gasteiger partial charge on any atom is 0.257 e. The fraction of sp³-hybridized carbons (Fsp3) is 0.219. The molecule has 3 aromatic carbocycles. The average molecular weight is 601 g/mol. The molecule has 2 aromatic heterocycles. The third kappa shape index (κ3) is 5.32. The summed E-state index contributed by atoms with van der Waals surface area (Å²) in [6.45, 7) is 1.06. The lowest BCUT2D eigenvalue weighted by molar-refractivity contribution is -0.119. The summed E-state index contributed by atoms with van der Waals surface area (Å²) in [5.74, 6) is -0.660. The predicted octanol–water partition coefficient (Wildman–Crippen LogP) is 4.94. The Labute approximate surface area is 251 Å². The van der Waals surface area contributed by atoms with Crippen LogP contribution in [-0.2, 0) is 24.4 Å². The van der Waals surface area contributed by atoms with Gasteiger partial charge in [-0.1, -0.05) is 41.9 Å². The number of thiophene rings is 1. The lowest BCUT2D eigenvalue weighted by atomic mass is 10.0. The van der Waals surface area contributed by atoms with Gasteiger partial charge in [0.2, 0.25) is 11.3 Å². The summed E-state index contributed by atoms with van der Waals surface area (Å²) in [5, 5.41) is 17.9. The van der Waals surface area contributed by atoms with Gasteiger partial charge in [0, 0.05) is 53.6 Å². The highest BCUT2D eigenvalue weighted by molar-refractivity contribution is 7.17. The van der Waals surface area contributed by atoms with Crippen LogP contribution in [0.1, 0.15) is 33.2 Å². The molecular formula is C32H29ClN4O4S. The molecule has 0 saturated heterocycles. The van der Waals surface area contributed by atoms with Gasteiger partial charge in [-0.15, -0.1) is 11.3 Å². The molecule has 10 heteroatoms. The van der Waals surface area contributed by atoms with Crippen LogP contribution in [0.3, 0.4) is 0 Å². The van der Waals surface area contributed by atoms with Crippen molar-refractivity contribution < 1.29 is 14.7 Å². The molecule has 42 heavy (non-hydrogen) atoms. The average Bonchev–Trinajstić information content (AvgIpc) is 3.41. The van der Waals surface area contributed by atoms with Crippen LogP contribution < -0.4 is 15.6 Å². The first-order valence-electron chi connectivity index (χ1n) is 13.5. The number of aromatic nitrogens is 1. The number of nitrogens with one attached hydrogen (secondary N) is 1. The summed E-state index contributed by atoms with van der Waals surface area (Å²) < 4.78 is 2.81. The van der Waals surface area contributed by atoms with Crippen LogP contribution in [0.4, 0.5) is 5.69 Å². The highest BCUT2D eigenvalue weighted by Crippen LogP contribution is 2.33. The van der Waals surface area contributed by atoms with E-state index in [1.807, 2.05) is 47.7 Å². The normalized spacial score (nSPS) is 13.7. The SMILES string of the molecule is CN(Cc1cc2c3c(c1)c(=O)c(C(=O)NCc1ccc(Cl)cc1)cn3CC(=O)N2C)C[C@H](O)c1csc2ccccc12. The number of hydrogen-bond donors (Lipinski definition) is 2. The number of pyridine rings is 1. The first kappa shape index (κ1) is 28.1. The number of carbonyl (C=O) groups is 2. The van der Waals surface area contributed by atoms with Gasteiger partial charge in [-0.3, -0.25) is 19.3 Å². The first-order chi connectivity index (χ1) is 20.2. The summed E-state index contributed by atoms with van der Waals surface area (Å²) in [5.41, 5.74) is 3.34. The van der Waals surface area contributed by atoms with E-state index in [1.165, 1.54) is 6.20 Å². The molecule has 0 spiro atoms. The van der Waals surface area contributed by atoms with E-state index in [0.29, 0.717) is 34.7 Å². The zero-order chi connectivity index (χ0) is 29.5. The van der Waals surface area contributed by atoms with E-state index in [2.05, 4.69) is 5.32 Å². The molecule has 2 amide bonds. The van der Waals surface area contributed by atoms with E-state index in [-0.39, 0.29) is 24.6 Å². The number of rotatable bonds is 8. The second-order valence-corrected chi connectivity index (χ2v) is 12.0. The van der Waals surface area contributed by atoms with Gasteiger partial charge in [0.25, 0.3) is 5.91 Å². The van der Waals surface area contributed by atoms with Gasteiger partial charge in [0.1, 0.15) is 12.1 Å². The maximum atomic E-state index is 13.7. The lowest BCUT2D eigenvalue weighted by Gasteiger charge is -2.29. The van der Waals surface area contributed by atoms with Gasteiger partial charge in [-0.05, 0) is 59.3 Å². The van der Waals surface area contributed by atoms with Crippen LogP contribution in [0.2, 0.25) is 5.02 Å². The Morgan fingerprint density at radius 1 is 1.10 bits per heavy atom. The van der Waals surface area contributed by atoms with Gasteiger partial charge >= 0.3 is 0 Å². The minimum Gasteiger partial charge on any atom is -0.387 e. The van der Waals surface area contributed by atoms with Crippen molar-refractivity contribution in [3.63, 3.8) is 0 Å². The zero-order valence-electron chi connectivity index (χ0n) is 23.1. The van der Waals surface area contributed by atoms with Gasteiger partial charge in [-0.25, -0.2) is 0 Å². The Bertz CT molecular complexity index is 1900. The Kier molecular flexibility index (Phi) is 7.59. The molecule has 5 aromatic rings. The van der Waals surface area contributed by atoms with Crippen molar-refractivity contribution >= 4 is 61.4 Å². The van der Waals surface area contributed by atoms with E-state index in [9.17, 15) is 19.5 Å². The number of aliphatic hydroxyl groups excluding tert-OH is 1. The number of fused-ring (bicyclic) bond motifs is 1. The third-order valence-electron chi connectivity index (χ3n) is 7.67. The first-order valence-corrected chi connectivity index (χ1v) is 14.8. The number of halogens is 1. The zero-order valence-corrected chi connectivity index (χ0v) is 24.7. The largest absolute Gasteiger partial charge is 0.387 e. The highest BCUT2D eigenvalue weighted by Gasteiger charge is 2.27. The number of aliphatic hydroxyl groups is 1. The molecule has 0 bridgehead atoms. The summed E-state index contributed by atoms with van der Waals surface area (Å²) in [6, 6.07) is 18.8. The van der Waals surface area contributed by atoms with Crippen LogP contribution in [-0.4, -0.2) is 47.0 Å². The smallest absolute Gasteiger partial charge is 0.257 e. The molecule has 0 aliphatic carbocycles. The number of likely N-dealkylation sites (N-methyl/N-ethyl adjacent to an activating group) is 2. The van der Waals surface area contributed by atoms with E-state index in [4.69, 9.17) is 11.6 Å². The van der Waals surface area contributed by atoms with Crippen LogP contribution in [0.25, 0.3) is 21.0 Å². The number of carbonyl (C=O) groups excluding carboxylic acids is 2. The maximum absolute atomic E-state index is 13.7. The van der Waals surface area contributed by atoms with Crippen molar-refractivity contribution in [3.05, 3.63) is 110 Å². The molecule has 2 N–H and O–H groups in total. The van der Waals surface area contributed by atoms with Crippen molar-refractivity contribution in [1.82, 2.24) is 14.8 Å². The van der Waals surface area contributed by atoms with Crippen LogP contribution >= 0.6 is 22.9 Å². The fourth-order valence-electron chi connectivity index (χ4n) is 5.50. The van der Waals surface area contributed by atoms with Gasteiger partial charge < -0.3 is 19.9 Å². The molecule has 214 valence electrons. The van der Waals surface area contributed by atoms with E-state index in [1.54, 1.807) is 58.2 Å². The van der Waals surface area contributed by atoms with Crippen LogP contribution in [0.15, 0.2) is 77.0 Å². The van der Waals surface area contributed by atoms with Gasteiger partial charge in [0.15, 0.2) is 0 Å². The minimum absolute atomic E-state index is 0.0231. The van der Waals surface area contributed by atoms with Crippen molar-refractivity contribution in [1.29, 1.82) is 0 Å². The predicted molar refractivity (Wildman–Crippen MR) is 167 cm³/mol. The highest BCUT2D eigenvalue weighted by atomic mass is 35.5. The standard InChI is InChI=1S/C32H29ClN4O4S/c1-35(16-27(38)25-18-42-28-6-4-3-5-22(25)28)14-20-11-23-30-26(12-20)36(2)29(39)17-37(30)15-24(31(23)40)32(41)34-13-19-7-9-21(33)10-8-19/h3-12,15,18,27,38H,13-14,16-17H2,1-2H3,(H,34,41)/t27-/m0/s1. The third-order valence-corrected chi connectivity index (χ3v) is 8.90. The molecule has 0 fully saturated rings. The number of nitrogens with zero attached hydrogens (tertiary/aromatic N) is 3. The molecule has 1 aliphatic heterocycles. The molecule has 0 saturated carbocycles. The molecule has 6 rings (SSSR count). The van der Waals surface area contributed by atoms with E-state index >= 15 is 0 Å². The minimum atomic E-state index is -0.692. The van der Waals surface area contributed by atoms with Crippen LogP contribution in [0, 0.1) is 0 Å². The topological polar surface area (TPSA) is 94.9 Å². The van der Waals surface area contributed by atoms with E-state index < -0.39 is 17.4 Å². The summed E-state index contributed by atoms with van der Waals surface area (Å²) in [6.07, 6.45) is 0.784.